The van der Waals surface area contributed by atoms with Crippen LogP contribution in [0.1, 0.15) is 47.7 Å². The van der Waals surface area contributed by atoms with Crippen LogP contribution in [0, 0.1) is 0 Å². The molecule has 1 aliphatic rings. The van der Waals surface area contributed by atoms with Crippen molar-refractivity contribution in [2.45, 2.75) is 32.7 Å². The molecule has 3 rings (SSSR count). The maximum Gasteiger partial charge on any atom is 0.264 e. The van der Waals surface area contributed by atoms with Gasteiger partial charge in [0.2, 0.25) is 5.89 Å². The van der Waals surface area contributed by atoms with Crippen molar-refractivity contribution in [2.24, 2.45) is 0 Å². The van der Waals surface area contributed by atoms with Crippen molar-refractivity contribution in [3.63, 3.8) is 0 Å². The van der Waals surface area contributed by atoms with Crippen LogP contribution < -0.4 is 0 Å². The molecule has 1 aliphatic heterocycles. The van der Waals surface area contributed by atoms with E-state index in [1.807, 2.05) is 22.4 Å². The van der Waals surface area contributed by atoms with Gasteiger partial charge in [-0.05, 0) is 24.8 Å². The maximum atomic E-state index is 12.4. The van der Waals surface area contributed by atoms with E-state index in [-0.39, 0.29) is 11.9 Å². The number of hydrogen-bond acceptors (Lipinski definition) is 6. The number of amides is 1. The first-order valence-corrected chi connectivity index (χ1v) is 8.96. The molecule has 0 spiro atoms. The predicted octanol–water partition coefficient (Wildman–Crippen LogP) is 2.60. The number of nitrogens with zero attached hydrogens (tertiary/aromatic N) is 4. The highest BCUT2D eigenvalue weighted by atomic mass is 32.1. The molecule has 6 nitrogen and oxygen atoms in total. The molecule has 0 aromatic carbocycles. The van der Waals surface area contributed by atoms with Crippen LogP contribution in [-0.4, -0.2) is 52.0 Å². The van der Waals surface area contributed by atoms with Gasteiger partial charge in [0.15, 0.2) is 5.82 Å². The minimum Gasteiger partial charge on any atom is -0.338 e. The van der Waals surface area contributed by atoms with E-state index in [9.17, 15) is 4.79 Å². The number of carbonyl (C=O) groups is 1. The van der Waals surface area contributed by atoms with Gasteiger partial charge in [0.05, 0.1) is 10.9 Å². The monoisotopic (exact) mass is 334 g/mol. The fraction of sp³-hybridized carbons (Fsp3) is 0.562. The van der Waals surface area contributed by atoms with Crippen molar-refractivity contribution in [3.05, 3.63) is 34.1 Å². The summed E-state index contributed by atoms with van der Waals surface area (Å²) in [5.74, 6) is 1.59. The second kappa shape index (κ2) is 7.23. The summed E-state index contributed by atoms with van der Waals surface area (Å²) in [6.07, 6.45) is 1.86. The van der Waals surface area contributed by atoms with E-state index in [0.717, 1.165) is 49.7 Å². The zero-order chi connectivity index (χ0) is 16.2. The molecular formula is C16H22N4O2S. The number of hydrogen-bond donors (Lipinski definition) is 0. The fourth-order valence-corrected chi connectivity index (χ4v) is 3.48. The first kappa shape index (κ1) is 16.1. The summed E-state index contributed by atoms with van der Waals surface area (Å²) in [6, 6.07) is 3.89. The van der Waals surface area contributed by atoms with Crippen LogP contribution in [0.4, 0.5) is 0 Å². The summed E-state index contributed by atoms with van der Waals surface area (Å²) in [5, 5.41) is 5.96. The molecule has 2 aromatic heterocycles. The van der Waals surface area contributed by atoms with E-state index in [0.29, 0.717) is 5.89 Å². The molecular weight excluding hydrogens is 312 g/mol. The van der Waals surface area contributed by atoms with Gasteiger partial charge in [-0.3, -0.25) is 9.69 Å². The van der Waals surface area contributed by atoms with Crippen LogP contribution in [0.15, 0.2) is 22.0 Å². The SMILES string of the molecule is CCCc1noc(C(C)N2CCN(C(=O)c3cccs3)CC2)n1. The van der Waals surface area contributed by atoms with Crippen LogP contribution in [0.5, 0.6) is 0 Å². The molecule has 0 N–H and O–H groups in total. The third-order valence-electron chi connectivity index (χ3n) is 4.20. The zero-order valence-corrected chi connectivity index (χ0v) is 14.4. The van der Waals surface area contributed by atoms with Gasteiger partial charge in [-0.25, -0.2) is 0 Å². The van der Waals surface area contributed by atoms with Crippen molar-refractivity contribution in [1.82, 2.24) is 19.9 Å². The summed E-state index contributed by atoms with van der Waals surface area (Å²) < 4.78 is 5.38. The lowest BCUT2D eigenvalue weighted by molar-refractivity contribution is 0.0556. The molecule has 124 valence electrons. The van der Waals surface area contributed by atoms with Crippen molar-refractivity contribution in [3.8, 4) is 0 Å². The minimum atomic E-state index is 0.0899. The lowest BCUT2D eigenvalue weighted by Gasteiger charge is -2.36. The van der Waals surface area contributed by atoms with E-state index in [4.69, 9.17) is 4.52 Å². The molecule has 2 aromatic rings. The minimum absolute atomic E-state index is 0.0899. The number of aromatic nitrogens is 2. The standard InChI is InChI=1S/C16H22N4O2S/c1-3-5-14-17-15(22-18-14)12(2)19-7-9-20(10-8-19)16(21)13-6-4-11-23-13/h4,6,11-12H,3,5,7-10H2,1-2H3. The van der Waals surface area contributed by atoms with Crippen molar-refractivity contribution in [2.75, 3.05) is 26.2 Å². The Hall–Kier alpha value is -1.73. The second-order valence-electron chi connectivity index (χ2n) is 5.78. The Kier molecular flexibility index (Phi) is 5.07. The van der Waals surface area contributed by atoms with E-state index < -0.39 is 0 Å². The Morgan fingerprint density at radius 3 is 2.83 bits per heavy atom. The van der Waals surface area contributed by atoms with Crippen LogP contribution in [0.3, 0.4) is 0 Å². The van der Waals surface area contributed by atoms with Gasteiger partial charge in [-0.2, -0.15) is 4.98 Å². The Morgan fingerprint density at radius 1 is 1.39 bits per heavy atom. The summed E-state index contributed by atoms with van der Waals surface area (Å²) in [6.45, 7) is 7.30. The largest absolute Gasteiger partial charge is 0.338 e. The predicted molar refractivity (Wildman–Crippen MR) is 88.5 cm³/mol. The van der Waals surface area contributed by atoms with E-state index in [2.05, 4.69) is 28.9 Å². The van der Waals surface area contributed by atoms with Crippen LogP contribution in [-0.2, 0) is 6.42 Å². The lowest BCUT2D eigenvalue weighted by Crippen LogP contribution is -2.49. The molecule has 1 saturated heterocycles. The quantitative estimate of drug-likeness (QED) is 0.841. The first-order chi connectivity index (χ1) is 11.2. The average Bonchev–Trinajstić information content (AvgIpc) is 3.26. The smallest absolute Gasteiger partial charge is 0.264 e. The van der Waals surface area contributed by atoms with Gasteiger partial charge in [-0.15, -0.1) is 11.3 Å². The van der Waals surface area contributed by atoms with E-state index in [1.54, 1.807) is 0 Å². The third-order valence-corrected chi connectivity index (χ3v) is 5.05. The van der Waals surface area contributed by atoms with Crippen molar-refractivity contribution < 1.29 is 9.32 Å². The highest BCUT2D eigenvalue weighted by Crippen LogP contribution is 2.21. The molecule has 3 heterocycles. The summed E-state index contributed by atoms with van der Waals surface area (Å²) >= 11 is 1.50. The number of aryl methyl sites for hydroxylation is 1. The lowest BCUT2D eigenvalue weighted by atomic mass is 10.2. The van der Waals surface area contributed by atoms with Crippen molar-refractivity contribution >= 4 is 17.2 Å². The molecule has 1 unspecified atom stereocenters. The molecule has 0 radical (unpaired) electrons. The molecule has 0 aliphatic carbocycles. The van der Waals surface area contributed by atoms with Crippen LogP contribution >= 0.6 is 11.3 Å². The molecule has 0 saturated carbocycles. The summed E-state index contributed by atoms with van der Waals surface area (Å²) in [5.41, 5.74) is 0. The zero-order valence-electron chi connectivity index (χ0n) is 13.6. The Bertz CT molecular complexity index is 632. The van der Waals surface area contributed by atoms with Crippen LogP contribution in [0.25, 0.3) is 0 Å². The van der Waals surface area contributed by atoms with E-state index >= 15 is 0 Å². The molecule has 7 heteroatoms. The Labute approximate surface area is 140 Å². The van der Waals surface area contributed by atoms with Gasteiger partial charge in [0.25, 0.3) is 5.91 Å². The van der Waals surface area contributed by atoms with Gasteiger partial charge in [0.1, 0.15) is 0 Å². The van der Waals surface area contributed by atoms with E-state index in [1.165, 1.54) is 11.3 Å². The first-order valence-electron chi connectivity index (χ1n) is 8.08. The fourth-order valence-electron chi connectivity index (χ4n) is 2.79. The van der Waals surface area contributed by atoms with Crippen molar-refractivity contribution in [1.29, 1.82) is 0 Å². The molecule has 23 heavy (non-hydrogen) atoms. The van der Waals surface area contributed by atoms with Gasteiger partial charge < -0.3 is 9.42 Å². The topological polar surface area (TPSA) is 62.5 Å². The summed E-state index contributed by atoms with van der Waals surface area (Å²) in [4.78, 5) is 21.9. The Morgan fingerprint density at radius 2 is 2.17 bits per heavy atom. The maximum absolute atomic E-state index is 12.4. The number of piperazine rings is 1. The van der Waals surface area contributed by atoms with Gasteiger partial charge in [0, 0.05) is 32.6 Å². The Balaban J connectivity index is 1.56. The molecule has 0 bridgehead atoms. The molecule has 1 amide bonds. The average molecular weight is 334 g/mol. The third kappa shape index (κ3) is 3.61. The summed E-state index contributed by atoms with van der Waals surface area (Å²) in [7, 11) is 0. The van der Waals surface area contributed by atoms with Gasteiger partial charge in [-0.1, -0.05) is 18.1 Å². The van der Waals surface area contributed by atoms with Crippen LogP contribution in [0.2, 0.25) is 0 Å². The molecule has 1 fully saturated rings. The van der Waals surface area contributed by atoms with Gasteiger partial charge >= 0.3 is 0 Å². The molecule has 1 atom stereocenters. The number of carbonyl (C=O) groups excluding carboxylic acids is 1. The highest BCUT2D eigenvalue weighted by Gasteiger charge is 2.28. The number of rotatable bonds is 5. The number of thiophene rings is 1. The highest BCUT2D eigenvalue weighted by molar-refractivity contribution is 7.12. The normalized spacial score (nSPS) is 17.4. The second-order valence-corrected chi connectivity index (χ2v) is 6.73.